The first-order valence-electron chi connectivity index (χ1n) is 9.36. The van der Waals surface area contributed by atoms with Crippen LogP contribution in [0.25, 0.3) is 0 Å². The van der Waals surface area contributed by atoms with Crippen LogP contribution < -0.4 is 9.62 Å². The van der Waals surface area contributed by atoms with Crippen molar-refractivity contribution >= 4 is 39.0 Å². The van der Waals surface area contributed by atoms with E-state index in [-0.39, 0.29) is 18.2 Å². The molecule has 0 saturated heterocycles. The summed E-state index contributed by atoms with van der Waals surface area (Å²) >= 11 is 0. The van der Waals surface area contributed by atoms with Gasteiger partial charge in [0.15, 0.2) is 0 Å². The molecule has 3 aliphatic heterocycles. The number of allylic oxidation sites excluding steroid dienone is 2. The predicted molar refractivity (Wildman–Crippen MR) is 111 cm³/mol. The van der Waals surface area contributed by atoms with Crippen molar-refractivity contribution in [2.24, 2.45) is 4.99 Å². The molecule has 4 rings (SSSR count). The second kappa shape index (κ2) is 6.84. The number of hydrogen-bond acceptors (Lipinski definition) is 5. The highest BCUT2D eigenvalue weighted by Crippen LogP contribution is 2.33. The summed E-state index contributed by atoms with van der Waals surface area (Å²) in [6, 6.07) is 5.27. The summed E-state index contributed by atoms with van der Waals surface area (Å²) in [5.74, 6) is -0.195. The smallest absolute Gasteiger partial charge is 0.274 e. The molecule has 9 heteroatoms. The normalized spacial score (nSPS) is 23.0. The molecule has 0 saturated carbocycles. The minimum atomic E-state index is -3.39. The van der Waals surface area contributed by atoms with Crippen LogP contribution in [0.1, 0.15) is 25.3 Å². The van der Waals surface area contributed by atoms with Gasteiger partial charge < -0.3 is 10.2 Å². The molecule has 152 valence electrons. The van der Waals surface area contributed by atoms with Gasteiger partial charge in [0.2, 0.25) is 15.9 Å². The van der Waals surface area contributed by atoms with E-state index in [0.717, 1.165) is 18.4 Å². The van der Waals surface area contributed by atoms with Crippen molar-refractivity contribution in [3.63, 3.8) is 0 Å². The summed E-state index contributed by atoms with van der Waals surface area (Å²) < 4.78 is 25.6. The highest BCUT2D eigenvalue weighted by Gasteiger charge is 2.46. The Morgan fingerprint density at radius 3 is 2.86 bits per heavy atom. The number of amidine groups is 1. The molecule has 0 spiro atoms. The number of nitrogens with one attached hydrogen (secondary N) is 1. The number of rotatable bonds is 4. The first-order valence-corrected chi connectivity index (χ1v) is 11.2. The van der Waals surface area contributed by atoms with Crippen molar-refractivity contribution in [2.45, 2.75) is 31.7 Å². The fraction of sp³-hybridized carbons (Fsp3) is 0.350. The molecule has 1 atom stereocenters. The monoisotopic (exact) mass is 414 g/mol. The van der Waals surface area contributed by atoms with Gasteiger partial charge in [-0.3, -0.25) is 13.9 Å². The van der Waals surface area contributed by atoms with Gasteiger partial charge >= 0.3 is 0 Å². The lowest BCUT2D eigenvalue weighted by Gasteiger charge is -2.32. The summed E-state index contributed by atoms with van der Waals surface area (Å²) in [7, 11) is -3.39. The van der Waals surface area contributed by atoms with E-state index in [1.54, 1.807) is 48.4 Å². The van der Waals surface area contributed by atoms with E-state index in [0.29, 0.717) is 23.8 Å². The standard InChI is InChI=1S/C20H22N4O4S/c1-20(19(26)22-17-7-3-4-10-23(17)20)13-18(25)21-15-9-8-14-6-5-11-24(16(14)12-15)29(2,27)28/h3-4,7-10,12H,5-6,11,13H2,1-2H3,(H,21,25)/t20-/m1/s1. The fourth-order valence-electron chi connectivity index (χ4n) is 3.91. The highest BCUT2D eigenvalue weighted by molar-refractivity contribution is 7.92. The van der Waals surface area contributed by atoms with Gasteiger partial charge in [0.1, 0.15) is 11.4 Å². The van der Waals surface area contributed by atoms with Crippen molar-refractivity contribution in [3.8, 4) is 0 Å². The molecule has 0 fully saturated rings. The van der Waals surface area contributed by atoms with Gasteiger partial charge in [-0.2, -0.15) is 4.99 Å². The number of hydrogen-bond donors (Lipinski definition) is 1. The van der Waals surface area contributed by atoms with Gasteiger partial charge in [0.05, 0.1) is 18.4 Å². The second-order valence-electron chi connectivity index (χ2n) is 7.63. The summed E-state index contributed by atoms with van der Waals surface area (Å²) in [6.07, 6.45) is 9.68. The van der Waals surface area contributed by atoms with E-state index >= 15 is 0 Å². The van der Waals surface area contributed by atoms with Crippen LogP contribution in [-0.4, -0.2) is 49.3 Å². The van der Waals surface area contributed by atoms with E-state index in [4.69, 9.17) is 0 Å². The van der Waals surface area contributed by atoms with Crippen LogP contribution in [-0.2, 0) is 26.0 Å². The van der Waals surface area contributed by atoms with Crippen LogP contribution in [0.15, 0.2) is 47.6 Å². The number of benzene rings is 1. The third kappa shape index (κ3) is 3.46. The summed E-state index contributed by atoms with van der Waals surface area (Å²) in [5, 5.41) is 2.80. The lowest BCUT2D eigenvalue weighted by Crippen LogP contribution is -2.48. The van der Waals surface area contributed by atoms with Crippen molar-refractivity contribution in [2.75, 3.05) is 22.4 Å². The maximum Gasteiger partial charge on any atom is 0.274 e. The van der Waals surface area contributed by atoms with E-state index in [1.165, 1.54) is 10.6 Å². The lowest BCUT2D eigenvalue weighted by molar-refractivity contribution is -0.128. The van der Waals surface area contributed by atoms with Crippen LogP contribution in [0.3, 0.4) is 0 Å². The van der Waals surface area contributed by atoms with E-state index < -0.39 is 15.6 Å². The van der Waals surface area contributed by atoms with Crippen molar-refractivity contribution in [1.82, 2.24) is 4.90 Å². The molecule has 0 radical (unpaired) electrons. The van der Waals surface area contributed by atoms with Gasteiger partial charge in [-0.15, -0.1) is 0 Å². The second-order valence-corrected chi connectivity index (χ2v) is 9.53. The molecule has 1 N–H and O–H groups in total. The van der Waals surface area contributed by atoms with E-state index in [9.17, 15) is 18.0 Å². The Labute approximate surface area is 169 Å². The zero-order valence-electron chi connectivity index (χ0n) is 16.3. The molecule has 0 aliphatic carbocycles. The van der Waals surface area contributed by atoms with Crippen LogP contribution in [0.4, 0.5) is 11.4 Å². The number of sulfonamides is 1. The minimum Gasteiger partial charge on any atom is -0.326 e. The maximum absolute atomic E-state index is 12.7. The Hall–Kier alpha value is -2.94. The third-order valence-corrected chi connectivity index (χ3v) is 6.58. The van der Waals surface area contributed by atoms with Crippen molar-refractivity contribution < 1.29 is 18.0 Å². The Morgan fingerprint density at radius 2 is 2.10 bits per heavy atom. The molecule has 3 aliphatic rings. The van der Waals surface area contributed by atoms with E-state index in [1.807, 2.05) is 6.07 Å². The number of anilines is 2. The lowest BCUT2D eigenvalue weighted by atomic mass is 9.94. The van der Waals surface area contributed by atoms with Crippen molar-refractivity contribution in [1.29, 1.82) is 0 Å². The SMILES string of the molecule is C[C@@]1(CC(=O)Nc2ccc3c(c2)N(S(C)(=O)=O)CCC3)C(=O)N=C2C=CC=CN21. The number of amides is 2. The highest BCUT2D eigenvalue weighted by atomic mass is 32.2. The molecule has 0 aromatic heterocycles. The molecule has 0 bridgehead atoms. The Morgan fingerprint density at radius 1 is 1.31 bits per heavy atom. The number of aliphatic imine (C=N–C) groups is 1. The van der Waals surface area contributed by atoms with Crippen LogP contribution in [0, 0.1) is 0 Å². The van der Waals surface area contributed by atoms with Crippen LogP contribution in [0.2, 0.25) is 0 Å². The maximum atomic E-state index is 12.7. The molecule has 1 aromatic rings. The number of fused-ring (bicyclic) bond motifs is 2. The number of nitrogens with zero attached hydrogens (tertiary/aromatic N) is 3. The summed E-state index contributed by atoms with van der Waals surface area (Å²) in [5.41, 5.74) is 0.928. The predicted octanol–water partition coefficient (Wildman–Crippen LogP) is 1.81. The number of aryl methyl sites for hydroxylation is 1. The van der Waals surface area contributed by atoms with Gasteiger partial charge in [-0.25, -0.2) is 8.42 Å². The largest absolute Gasteiger partial charge is 0.326 e. The Balaban J connectivity index is 1.53. The van der Waals surface area contributed by atoms with E-state index in [2.05, 4.69) is 10.3 Å². The van der Waals surface area contributed by atoms with Gasteiger partial charge in [0.25, 0.3) is 5.91 Å². The molecule has 3 heterocycles. The van der Waals surface area contributed by atoms with Gasteiger partial charge in [-0.05, 0) is 49.6 Å². The Bertz CT molecular complexity index is 1090. The zero-order valence-corrected chi connectivity index (χ0v) is 17.1. The quantitative estimate of drug-likeness (QED) is 0.810. The summed E-state index contributed by atoms with van der Waals surface area (Å²) in [6.45, 7) is 2.11. The average molecular weight is 414 g/mol. The Kier molecular flexibility index (Phi) is 4.57. The molecule has 29 heavy (non-hydrogen) atoms. The zero-order chi connectivity index (χ0) is 20.8. The van der Waals surface area contributed by atoms with Crippen molar-refractivity contribution in [3.05, 3.63) is 48.2 Å². The minimum absolute atomic E-state index is 0.0795. The molecular formula is C20H22N4O4S. The fourth-order valence-corrected chi connectivity index (χ4v) is 4.90. The third-order valence-electron chi connectivity index (χ3n) is 5.40. The molecule has 8 nitrogen and oxygen atoms in total. The first-order chi connectivity index (χ1) is 13.7. The molecule has 2 amide bonds. The summed E-state index contributed by atoms with van der Waals surface area (Å²) in [4.78, 5) is 30.9. The van der Waals surface area contributed by atoms with Crippen LogP contribution >= 0.6 is 0 Å². The first kappa shape index (κ1) is 19.4. The molecular weight excluding hydrogens is 392 g/mol. The number of carbonyl (C=O) groups excluding carboxylic acids is 2. The number of carbonyl (C=O) groups is 2. The topological polar surface area (TPSA) is 99.2 Å². The molecule has 1 aromatic carbocycles. The van der Waals surface area contributed by atoms with Crippen LogP contribution in [0.5, 0.6) is 0 Å². The van der Waals surface area contributed by atoms with Gasteiger partial charge in [0, 0.05) is 18.4 Å². The van der Waals surface area contributed by atoms with Gasteiger partial charge in [-0.1, -0.05) is 12.1 Å². The molecule has 0 unspecified atom stereocenters. The average Bonchev–Trinajstić information content (AvgIpc) is 2.90.